The summed E-state index contributed by atoms with van der Waals surface area (Å²) >= 11 is 0. The van der Waals surface area contributed by atoms with Crippen molar-refractivity contribution in [3.05, 3.63) is 102 Å². The van der Waals surface area contributed by atoms with Gasteiger partial charge in [-0.2, -0.15) is 0 Å². The van der Waals surface area contributed by atoms with Crippen molar-refractivity contribution < 1.29 is 0 Å². The maximum atomic E-state index is 5.46. The number of fused-ring (bicyclic) bond motifs is 2. The minimum atomic E-state index is 0.336. The maximum absolute atomic E-state index is 5.46. The summed E-state index contributed by atoms with van der Waals surface area (Å²) in [6.07, 6.45) is 29.6. The number of nitrogens with two attached hydrogens (primary N) is 1. The number of hydrogen-bond donors (Lipinski definition) is 1. The lowest BCUT2D eigenvalue weighted by atomic mass is 9.76. The molecular weight excluding hydrogens is 675 g/mol. The van der Waals surface area contributed by atoms with E-state index in [0.717, 1.165) is 36.5 Å². The Morgan fingerprint density at radius 2 is 1.16 bits per heavy atom. The van der Waals surface area contributed by atoms with Crippen LogP contribution in [0.15, 0.2) is 74.4 Å². The van der Waals surface area contributed by atoms with Crippen molar-refractivity contribution in [2.24, 2.45) is 11.7 Å². The molecule has 56 heavy (non-hydrogen) atoms. The van der Waals surface area contributed by atoms with Crippen LogP contribution in [0.25, 0.3) is 49.5 Å². The third kappa shape index (κ3) is 12.8. The quantitative estimate of drug-likeness (QED) is 0.0368. The zero-order valence-corrected chi connectivity index (χ0v) is 37.3. The van der Waals surface area contributed by atoms with Gasteiger partial charge in [0.05, 0.1) is 0 Å². The molecule has 1 aliphatic rings. The van der Waals surface area contributed by atoms with Crippen LogP contribution >= 0.6 is 0 Å². The smallest absolute Gasteiger partial charge is 0.00899 e. The van der Waals surface area contributed by atoms with E-state index in [2.05, 4.69) is 110 Å². The van der Waals surface area contributed by atoms with E-state index < -0.39 is 0 Å². The fourth-order valence-corrected chi connectivity index (χ4v) is 8.92. The van der Waals surface area contributed by atoms with Gasteiger partial charge in [-0.3, -0.25) is 0 Å². The van der Waals surface area contributed by atoms with Gasteiger partial charge in [0.15, 0.2) is 0 Å². The molecule has 2 N–H and O–H groups in total. The summed E-state index contributed by atoms with van der Waals surface area (Å²) in [7, 11) is 0. The van der Waals surface area contributed by atoms with Gasteiger partial charge in [0.2, 0.25) is 0 Å². The third-order valence-corrected chi connectivity index (χ3v) is 12.0. The summed E-state index contributed by atoms with van der Waals surface area (Å²) in [5.74, 6) is 1.27. The van der Waals surface area contributed by atoms with Gasteiger partial charge in [-0.05, 0) is 126 Å². The number of hydrogen-bond acceptors (Lipinski definition) is 1. The minimum absolute atomic E-state index is 0.336. The summed E-state index contributed by atoms with van der Waals surface area (Å²) < 4.78 is 0. The highest BCUT2D eigenvalue weighted by Crippen LogP contribution is 2.44. The second kappa shape index (κ2) is 25.0. The molecule has 4 aromatic carbocycles. The maximum Gasteiger partial charge on any atom is 0.00899 e. The van der Waals surface area contributed by atoms with E-state index in [1.807, 2.05) is 6.92 Å². The third-order valence-electron chi connectivity index (χ3n) is 12.0. The zero-order valence-electron chi connectivity index (χ0n) is 37.3. The molecule has 1 aliphatic carbocycles. The molecule has 2 unspecified atom stereocenters. The van der Waals surface area contributed by atoms with Crippen LogP contribution in [0.1, 0.15) is 192 Å². The fourth-order valence-electron chi connectivity index (χ4n) is 8.92. The molecule has 1 nitrogen and oxygen atoms in total. The Morgan fingerprint density at radius 1 is 0.661 bits per heavy atom. The van der Waals surface area contributed by atoms with Gasteiger partial charge in [-0.15, -0.1) is 6.58 Å². The molecule has 0 saturated heterocycles. The van der Waals surface area contributed by atoms with E-state index >= 15 is 0 Å². The van der Waals surface area contributed by atoms with Crippen molar-refractivity contribution in [1.29, 1.82) is 0 Å². The number of unbranched alkanes of at least 4 members (excludes halogenated alkanes) is 12. The molecule has 0 bridgehead atoms. The molecule has 0 aliphatic heterocycles. The zero-order chi connectivity index (χ0) is 41.0. The van der Waals surface area contributed by atoms with Gasteiger partial charge in [0.1, 0.15) is 0 Å². The van der Waals surface area contributed by atoms with Crippen LogP contribution in [-0.4, -0.2) is 6.54 Å². The Morgan fingerprint density at radius 3 is 1.73 bits per heavy atom. The van der Waals surface area contributed by atoms with Gasteiger partial charge in [0, 0.05) is 5.92 Å². The van der Waals surface area contributed by atoms with E-state index in [1.165, 1.54) is 175 Å². The Hall–Kier alpha value is -3.42. The highest BCUT2D eigenvalue weighted by Gasteiger charge is 2.25. The first kappa shape index (κ1) is 47.0. The summed E-state index contributed by atoms with van der Waals surface area (Å²) in [4.78, 5) is 0. The van der Waals surface area contributed by atoms with Crippen LogP contribution < -0.4 is 11.0 Å². The first-order valence-electron chi connectivity index (χ1n) is 22.8. The molecule has 0 amide bonds. The number of aryl methyl sites for hydroxylation is 1. The van der Waals surface area contributed by atoms with Crippen LogP contribution in [0.3, 0.4) is 0 Å². The number of allylic oxidation sites excluding steroid dienone is 4. The van der Waals surface area contributed by atoms with E-state index in [-0.39, 0.29) is 0 Å². The van der Waals surface area contributed by atoms with Gasteiger partial charge >= 0.3 is 0 Å². The van der Waals surface area contributed by atoms with E-state index in [4.69, 9.17) is 5.73 Å². The number of rotatable bonds is 22. The van der Waals surface area contributed by atoms with Crippen molar-refractivity contribution in [3.63, 3.8) is 0 Å². The van der Waals surface area contributed by atoms with E-state index in [9.17, 15) is 0 Å². The van der Waals surface area contributed by atoms with Crippen LogP contribution in [0.2, 0.25) is 0 Å². The lowest BCUT2D eigenvalue weighted by Gasteiger charge is -2.28. The predicted molar refractivity (Wildman–Crippen MR) is 258 cm³/mol. The van der Waals surface area contributed by atoms with Crippen LogP contribution in [0.5, 0.6) is 0 Å². The largest absolute Gasteiger partial charge is 0.330 e. The van der Waals surface area contributed by atoms with Crippen molar-refractivity contribution in [3.8, 4) is 0 Å². The van der Waals surface area contributed by atoms with Crippen LogP contribution in [-0.2, 0) is 6.42 Å². The molecule has 2 atom stereocenters. The van der Waals surface area contributed by atoms with Crippen molar-refractivity contribution in [1.82, 2.24) is 0 Å². The summed E-state index contributed by atoms with van der Waals surface area (Å²) in [5.41, 5.74) is 14.5. The Balaban J connectivity index is 0.000000417. The summed E-state index contributed by atoms with van der Waals surface area (Å²) in [5, 5.41) is 9.77. The standard InChI is InChI=1S/C39H46.C13H29N.C3H6/c1-8-9-10-11-12-13-14-15-16-28-17-18-32-34-23-20-30(26(4)5)37-31(27(6)7)21-24-35(39(34)37)33-22-19-29(25(2)3)36(28)38(32)33;1-3-4-5-7-10-13(2)11-8-6-9-12-14;1-3-2/h17-20,22-24,31H,2,4,6,8-16,21H2,1,3,5,7H3;13H,3-12,14H2,1-2H3;3H,1H2,2H3. The van der Waals surface area contributed by atoms with Gasteiger partial charge in [0.25, 0.3) is 0 Å². The van der Waals surface area contributed by atoms with Gasteiger partial charge in [-0.1, -0.05) is 202 Å². The van der Waals surface area contributed by atoms with Crippen molar-refractivity contribution in [2.45, 2.75) is 176 Å². The predicted octanol–water partition coefficient (Wildman–Crippen LogP) is 16.8. The van der Waals surface area contributed by atoms with Gasteiger partial charge < -0.3 is 5.73 Å². The highest BCUT2D eigenvalue weighted by molar-refractivity contribution is 6.25. The minimum Gasteiger partial charge on any atom is -0.330 e. The number of benzene rings is 4. The summed E-state index contributed by atoms with van der Waals surface area (Å²) in [6, 6.07) is 14.2. The van der Waals surface area contributed by atoms with Crippen LogP contribution in [0.4, 0.5) is 0 Å². The summed E-state index contributed by atoms with van der Waals surface area (Å²) in [6.45, 7) is 32.7. The molecule has 0 radical (unpaired) electrons. The Kier molecular flexibility index (Phi) is 21.0. The molecule has 1 heteroatoms. The second-order valence-electron chi connectivity index (χ2n) is 17.2. The average Bonchev–Trinajstić information content (AvgIpc) is 3.18. The van der Waals surface area contributed by atoms with E-state index in [0.29, 0.717) is 5.92 Å². The fraction of sp³-hybridized carbons (Fsp3) is 0.527. The molecule has 0 fully saturated rings. The van der Waals surface area contributed by atoms with Crippen LogP contribution in [0, 0.1) is 5.92 Å². The first-order chi connectivity index (χ1) is 27.1. The molecular formula is C55H81N. The Bertz CT molecular complexity index is 1910. The normalized spacial score (nSPS) is 13.8. The van der Waals surface area contributed by atoms with Gasteiger partial charge in [-0.25, -0.2) is 0 Å². The van der Waals surface area contributed by atoms with Crippen molar-refractivity contribution in [2.75, 3.05) is 6.54 Å². The Labute approximate surface area is 344 Å². The SMILES string of the molecule is C=C(C)c1ccc2c3c1C(C(=C)C)CC=c3c1ccc(C(=C)C)c3c(CCCCCCCCCC)ccc2c31.C=CC.CCCCCCC(C)CCCCCN. The molecule has 4 aromatic rings. The lowest BCUT2D eigenvalue weighted by Crippen LogP contribution is -2.18. The molecule has 5 rings (SSSR count). The molecule has 0 aromatic heterocycles. The van der Waals surface area contributed by atoms with E-state index in [1.54, 1.807) is 6.08 Å². The monoisotopic (exact) mass is 756 g/mol. The topological polar surface area (TPSA) is 26.0 Å². The first-order valence-corrected chi connectivity index (χ1v) is 22.8. The second-order valence-corrected chi connectivity index (χ2v) is 17.2. The molecule has 0 saturated carbocycles. The van der Waals surface area contributed by atoms with Crippen molar-refractivity contribution >= 4 is 49.5 Å². The average molecular weight is 756 g/mol. The molecule has 0 spiro atoms. The lowest BCUT2D eigenvalue weighted by molar-refractivity contribution is 0.438. The molecule has 306 valence electrons. The molecule has 0 heterocycles. The highest BCUT2D eigenvalue weighted by atomic mass is 14.5.